The van der Waals surface area contributed by atoms with Gasteiger partial charge in [0.2, 0.25) is 21.7 Å². The average Bonchev–Trinajstić information content (AvgIpc) is 3.06. The van der Waals surface area contributed by atoms with E-state index in [-0.39, 0.29) is 10.8 Å². The van der Waals surface area contributed by atoms with Gasteiger partial charge in [-0.2, -0.15) is 9.71 Å². The van der Waals surface area contributed by atoms with E-state index in [0.717, 1.165) is 11.1 Å². The lowest BCUT2D eigenvalue weighted by molar-refractivity contribution is 0.354. The van der Waals surface area contributed by atoms with Crippen molar-refractivity contribution in [1.29, 1.82) is 0 Å². The van der Waals surface area contributed by atoms with Gasteiger partial charge in [0.15, 0.2) is 0 Å². The Bertz CT molecular complexity index is 936. The Morgan fingerprint density at radius 2 is 1.71 bits per heavy atom. The van der Waals surface area contributed by atoms with Gasteiger partial charge in [0, 0.05) is 5.56 Å². The number of aryl methyl sites for hydroxylation is 1. The van der Waals surface area contributed by atoms with Gasteiger partial charge in [0.1, 0.15) is 0 Å². The summed E-state index contributed by atoms with van der Waals surface area (Å²) in [6, 6.07) is 15.2. The minimum atomic E-state index is -3.65. The van der Waals surface area contributed by atoms with Crippen LogP contribution in [0.15, 0.2) is 64.0 Å². The minimum absolute atomic E-state index is 0.190. The molecule has 0 unspecified atom stereocenters. The van der Waals surface area contributed by atoms with Gasteiger partial charge >= 0.3 is 0 Å². The highest BCUT2D eigenvalue weighted by molar-refractivity contribution is 7.89. The van der Waals surface area contributed by atoms with Gasteiger partial charge in [-0.1, -0.05) is 47.6 Å². The van der Waals surface area contributed by atoms with Crippen LogP contribution in [0.1, 0.15) is 24.4 Å². The maximum absolute atomic E-state index is 12.3. The fourth-order valence-corrected chi connectivity index (χ4v) is 3.51. The van der Waals surface area contributed by atoms with E-state index in [1.165, 1.54) is 12.1 Å². The first-order chi connectivity index (χ1) is 11.5. The van der Waals surface area contributed by atoms with Gasteiger partial charge in [-0.15, -0.1) is 0 Å². The molecule has 0 aliphatic rings. The monoisotopic (exact) mass is 343 g/mol. The van der Waals surface area contributed by atoms with Crippen molar-refractivity contribution < 1.29 is 12.9 Å². The van der Waals surface area contributed by atoms with Crippen molar-refractivity contribution in [1.82, 2.24) is 14.9 Å². The number of aromatic nitrogens is 2. The minimum Gasteiger partial charge on any atom is -0.337 e. The molecule has 6 nitrogen and oxygen atoms in total. The largest absolute Gasteiger partial charge is 0.337 e. The van der Waals surface area contributed by atoms with Crippen LogP contribution in [0.25, 0.3) is 11.4 Å². The summed E-state index contributed by atoms with van der Waals surface area (Å²) in [6.07, 6.45) is 0. The second-order valence-electron chi connectivity index (χ2n) is 5.43. The Hall–Kier alpha value is -2.51. The van der Waals surface area contributed by atoms with E-state index in [1.54, 1.807) is 25.1 Å². The molecule has 0 spiro atoms. The van der Waals surface area contributed by atoms with Crippen molar-refractivity contribution in [3.05, 3.63) is 66.1 Å². The highest BCUT2D eigenvalue weighted by Crippen LogP contribution is 2.22. The standard InChI is InChI=1S/C17H17N3O3S/c1-12-8-6-7-11-15(12)16-18-17(23-19-16)13(2)20-24(21,22)14-9-4-3-5-10-14/h3-11,13,20H,1-2H3/t13-/m0/s1. The van der Waals surface area contributed by atoms with Crippen LogP contribution < -0.4 is 4.72 Å². The zero-order chi connectivity index (χ0) is 17.2. The molecule has 3 rings (SSSR count). The highest BCUT2D eigenvalue weighted by atomic mass is 32.2. The lowest BCUT2D eigenvalue weighted by Crippen LogP contribution is -2.27. The van der Waals surface area contributed by atoms with Gasteiger partial charge in [0.25, 0.3) is 0 Å². The summed E-state index contributed by atoms with van der Waals surface area (Å²) >= 11 is 0. The molecule has 0 amide bonds. The Kier molecular flexibility index (Phi) is 4.46. The highest BCUT2D eigenvalue weighted by Gasteiger charge is 2.22. The lowest BCUT2D eigenvalue weighted by atomic mass is 10.1. The van der Waals surface area contributed by atoms with Crippen LogP contribution >= 0.6 is 0 Å². The Labute approximate surface area is 140 Å². The molecule has 0 saturated carbocycles. The third-order valence-corrected chi connectivity index (χ3v) is 5.14. The van der Waals surface area contributed by atoms with Gasteiger partial charge in [-0.05, 0) is 31.5 Å². The van der Waals surface area contributed by atoms with Crippen LogP contribution in [-0.2, 0) is 10.0 Å². The molecule has 1 heterocycles. The van der Waals surface area contributed by atoms with E-state index in [9.17, 15) is 8.42 Å². The van der Waals surface area contributed by atoms with Crippen molar-refractivity contribution in [3.8, 4) is 11.4 Å². The lowest BCUT2D eigenvalue weighted by Gasteiger charge is -2.10. The smallest absolute Gasteiger partial charge is 0.244 e. The number of hydrogen-bond donors (Lipinski definition) is 1. The van der Waals surface area contributed by atoms with Crippen LogP contribution in [0.5, 0.6) is 0 Å². The Morgan fingerprint density at radius 3 is 2.42 bits per heavy atom. The summed E-state index contributed by atoms with van der Waals surface area (Å²) in [7, 11) is -3.65. The van der Waals surface area contributed by atoms with Crippen LogP contribution in [0.2, 0.25) is 0 Å². The van der Waals surface area contributed by atoms with E-state index < -0.39 is 16.1 Å². The molecule has 1 N–H and O–H groups in total. The first-order valence-corrected chi connectivity index (χ1v) is 8.92. The molecule has 3 aromatic rings. The molecule has 0 radical (unpaired) electrons. The molecule has 1 atom stereocenters. The third-order valence-electron chi connectivity index (χ3n) is 3.58. The summed E-state index contributed by atoms with van der Waals surface area (Å²) in [5, 5.41) is 3.95. The zero-order valence-electron chi connectivity index (χ0n) is 13.3. The van der Waals surface area contributed by atoms with E-state index in [0.29, 0.717) is 5.82 Å². The van der Waals surface area contributed by atoms with E-state index in [4.69, 9.17) is 4.52 Å². The molecule has 0 fully saturated rings. The van der Waals surface area contributed by atoms with Crippen LogP contribution in [-0.4, -0.2) is 18.6 Å². The number of rotatable bonds is 5. The molecule has 2 aromatic carbocycles. The van der Waals surface area contributed by atoms with E-state index in [2.05, 4.69) is 14.9 Å². The molecule has 7 heteroatoms. The Balaban J connectivity index is 1.82. The number of nitrogens with zero attached hydrogens (tertiary/aromatic N) is 2. The Morgan fingerprint density at radius 1 is 1.04 bits per heavy atom. The van der Waals surface area contributed by atoms with E-state index >= 15 is 0 Å². The van der Waals surface area contributed by atoms with Crippen molar-refractivity contribution in [2.75, 3.05) is 0 Å². The van der Waals surface area contributed by atoms with E-state index in [1.807, 2.05) is 31.2 Å². The maximum atomic E-state index is 12.3. The fraction of sp³-hybridized carbons (Fsp3) is 0.176. The van der Waals surface area contributed by atoms with Gasteiger partial charge in [-0.3, -0.25) is 0 Å². The quantitative estimate of drug-likeness (QED) is 0.769. The number of benzene rings is 2. The molecule has 0 aliphatic heterocycles. The average molecular weight is 343 g/mol. The number of nitrogens with one attached hydrogen (secondary N) is 1. The first-order valence-electron chi connectivity index (χ1n) is 7.44. The summed E-state index contributed by atoms with van der Waals surface area (Å²) in [5.74, 6) is 0.654. The molecule has 0 bridgehead atoms. The molecule has 24 heavy (non-hydrogen) atoms. The summed E-state index contributed by atoms with van der Waals surface area (Å²) in [5.41, 5.74) is 1.87. The van der Waals surface area contributed by atoms with Crippen molar-refractivity contribution in [2.24, 2.45) is 0 Å². The second kappa shape index (κ2) is 6.54. The first kappa shape index (κ1) is 16.4. The van der Waals surface area contributed by atoms with Gasteiger partial charge < -0.3 is 4.52 Å². The summed E-state index contributed by atoms with van der Waals surface area (Å²) in [4.78, 5) is 4.50. The normalized spacial score (nSPS) is 12.9. The van der Waals surface area contributed by atoms with Crippen LogP contribution in [0.3, 0.4) is 0 Å². The third kappa shape index (κ3) is 3.37. The molecule has 124 valence electrons. The predicted molar refractivity (Wildman–Crippen MR) is 89.6 cm³/mol. The van der Waals surface area contributed by atoms with Crippen LogP contribution in [0.4, 0.5) is 0 Å². The fourth-order valence-electron chi connectivity index (χ4n) is 2.30. The molecule has 0 saturated heterocycles. The predicted octanol–water partition coefficient (Wildman–Crippen LogP) is 3.08. The van der Waals surface area contributed by atoms with Crippen molar-refractivity contribution >= 4 is 10.0 Å². The molecule has 0 aliphatic carbocycles. The van der Waals surface area contributed by atoms with Crippen molar-refractivity contribution in [3.63, 3.8) is 0 Å². The second-order valence-corrected chi connectivity index (χ2v) is 7.14. The van der Waals surface area contributed by atoms with Gasteiger partial charge in [-0.25, -0.2) is 8.42 Å². The summed E-state index contributed by atoms with van der Waals surface area (Å²) in [6.45, 7) is 3.61. The topological polar surface area (TPSA) is 85.1 Å². The van der Waals surface area contributed by atoms with Crippen LogP contribution in [0, 0.1) is 6.92 Å². The zero-order valence-corrected chi connectivity index (χ0v) is 14.1. The maximum Gasteiger partial charge on any atom is 0.244 e. The number of hydrogen-bond acceptors (Lipinski definition) is 5. The molecule has 1 aromatic heterocycles. The molecular formula is C17H17N3O3S. The SMILES string of the molecule is Cc1ccccc1-c1noc([C@H](C)NS(=O)(=O)c2ccccc2)n1. The van der Waals surface area contributed by atoms with Gasteiger partial charge in [0.05, 0.1) is 10.9 Å². The molecular weight excluding hydrogens is 326 g/mol. The van der Waals surface area contributed by atoms with Crippen molar-refractivity contribution in [2.45, 2.75) is 24.8 Å². The number of sulfonamides is 1. The summed E-state index contributed by atoms with van der Waals surface area (Å²) < 4.78 is 32.5.